The number of fused-ring (bicyclic) bond motifs is 1. The molecule has 0 bridgehead atoms. The molecule has 1 N–H and O–H groups in total. The van der Waals surface area contributed by atoms with Gasteiger partial charge in [-0.05, 0) is 25.1 Å². The van der Waals surface area contributed by atoms with E-state index in [1.807, 2.05) is 13.0 Å². The van der Waals surface area contributed by atoms with E-state index >= 15 is 0 Å². The van der Waals surface area contributed by atoms with E-state index in [4.69, 9.17) is 4.74 Å². The quantitative estimate of drug-likeness (QED) is 0.821. The Bertz CT molecular complexity index is 544. The summed E-state index contributed by atoms with van der Waals surface area (Å²) in [6.45, 7) is 4.82. The number of nitrogens with one attached hydrogen (secondary N) is 1. The Morgan fingerprint density at radius 2 is 2.06 bits per heavy atom. The van der Waals surface area contributed by atoms with E-state index in [-0.39, 0.29) is 5.82 Å². The molecule has 1 aliphatic rings. The molecule has 2 aromatic rings. The summed E-state index contributed by atoms with van der Waals surface area (Å²) in [6.07, 6.45) is 0. The number of morpholine rings is 1. The van der Waals surface area contributed by atoms with E-state index in [0.29, 0.717) is 18.9 Å². The molecule has 0 radical (unpaired) electrons. The SMILES string of the molecule is Cc1cc2c(N3CCOCC3)c(F)ccc2[nH]1. The van der Waals surface area contributed by atoms with Crippen molar-refractivity contribution >= 4 is 16.6 Å². The molecule has 4 heteroatoms. The minimum absolute atomic E-state index is 0.154. The van der Waals surface area contributed by atoms with Gasteiger partial charge < -0.3 is 14.6 Å². The second-order valence-corrected chi connectivity index (χ2v) is 4.41. The first-order valence-electron chi connectivity index (χ1n) is 5.86. The molecule has 1 aromatic carbocycles. The van der Waals surface area contributed by atoms with Crippen molar-refractivity contribution in [2.75, 3.05) is 31.2 Å². The molecule has 2 heterocycles. The van der Waals surface area contributed by atoms with E-state index in [0.717, 1.165) is 29.7 Å². The largest absolute Gasteiger partial charge is 0.378 e. The average molecular weight is 234 g/mol. The lowest BCUT2D eigenvalue weighted by Gasteiger charge is -2.29. The average Bonchev–Trinajstić information content (AvgIpc) is 2.70. The fourth-order valence-corrected chi connectivity index (χ4v) is 2.41. The van der Waals surface area contributed by atoms with Crippen molar-refractivity contribution in [1.82, 2.24) is 4.98 Å². The van der Waals surface area contributed by atoms with Gasteiger partial charge in [-0.25, -0.2) is 4.39 Å². The van der Waals surface area contributed by atoms with Crippen molar-refractivity contribution in [3.05, 3.63) is 29.7 Å². The predicted molar refractivity (Wildman–Crippen MR) is 66.0 cm³/mol. The summed E-state index contributed by atoms with van der Waals surface area (Å²) in [5.74, 6) is -0.154. The Balaban J connectivity index is 2.14. The summed E-state index contributed by atoms with van der Waals surface area (Å²) in [5, 5.41) is 0.962. The number of aromatic amines is 1. The molecule has 3 nitrogen and oxygen atoms in total. The molecule has 0 spiro atoms. The molecule has 0 saturated carbocycles. The zero-order valence-corrected chi connectivity index (χ0v) is 9.79. The fraction of sp³-hybridized carbons (Fsp3) is 0.385. The van der Waals surface area contributed by atoms with Crippen molar-refractivity contribution in [3.8, 4) is 0 Å². The second kappa shape index (κ2) is 4.04. The maximum atomic E-state index is 14.0. The monoisotopic (exact) mass is 234 g/mol. The highest BCUT2D eigenvalue weighted by Crippen LogP contribution is 2.31. The summed E-state index contributed by atoms with van der Waals surface area (Å²) in [6, 6.07) is 5.33. The van der Waals surface area contributed by atoms with Crippen molar-refractivity contribution in [1.29, 1.82) is 0 Å². The van der Waals surface area contributed by atoms with E-state index in [1.54, 1.807) is 6.07 Å². The molecule has 90 valence electrons. The topological polar surface area (TPSA) is 28.3 Å². The number of halogens is 1. The Labute approximate surface area is 99.2 Å². The van der Waals surface area contributed by atoms with Gasteiger partial charge >= 0.3 is 0 Å². The van der Waals surface area contributed by atoms with Crippen LogP contribution in [0.1, 0.15) is 5.69 Å². The minimum Gasteiger partial charge on any atom is -0.378 e. The lowest BCUT2D eigenvalue weighted by molar-refractivity contribution is 0.122. The Morgan fingerprint density at radius 3 is 2.82 bits per heavy atom. The van der Waals surface area contributed by atoms with Crippen LogP contribution in [0.15, 0.2) is 18.2 Å². The number of anilines is 1. The first kappa shape index (κ1) is 10.6. The van der Waals surface area contributed by atoms with Gasteiger partial charge in [-0.3, -0.25) is 0 Å². The van der Waals surface area contributed by atoms with Gasteiger partial charge in [0.15, 0.2) is 0 Å². The molecule has 3 rings (SSSR count). The number of rotatable bonds is 1. The number of hydrogen-bond donors (Lipinski definition) is 1. The smallest absolute Gasteiger partial charge is 0.147 e. The summed E-state index contributed by atoms with van der Waals surface area (Å²) < 4.78 is 19.3. The van der Waals surface area contributed by atoms with Crippen molar-refractivity contribution in [3.63, 3.8) is 0 Å². The third-order valence-electron chi connectivity index (χ3n) is 3.19. The highest BCUT2D eigenvalue weighted by molar-refractivity contribution is 5.93. The standard InChI is InChI=1S/C13H15FN2O/c1-9-8-10-12(15-9)3-2-11(14)13(10)16-4-6-17-7-5-16/h2-3,8,15H,4-7H2,1H3. The minimum atomic E-state index is -0.154. The lowest BCUT2D eigenvalue weighted by atomic mass is 10.1. The molecule has 0 atom stereocenters. The maximum absolute atomic E-state index is 14.0. The van der Waals surface area contributed by atoms with Crippen molar-refractivity contribution in [2.24, 2.45) is 0 Å². The predicted octanol–water partition coefficient (Wildman–Crippen LogP) is 2.45. The van der Waals surface area contributed by atoms with Gasteiger partial charge in [0.1, 0.15) is 5.82 Å². The normalized spacial score (nSPS) is 16.7. The van der Waals surface area contributed by atoms with Gasteiger partial charge in [-0.1, -0.05) is 0 Å². The Morgan fingerprint density at radius 1 is 1.29 bits per heavy atom. The van der Waals surface area contributed by atoms with Crippen LogP contribution in [0.25, 0.3) is 10.9 Å². The fourth-order valence-electron chi connectivity index (χ4n) is 2.41. The van der Waals surface area contributed by atoms with Gasteiger partial charge in [0, 0.05) is 29.7 Å². The molecule has 0 aliphatic carbocycles. The third-order valence-corrected chi connectivity index (χ3v) is 3.19. The maximum Gasteiger partial charge on any atom is 0.147 e. The van der Waals surface area contributed by atoms with Crippen molar-refractivity contribution in [2.45, 2.75) is 6.92 Å². The van der Waals surface area contributed by atoms with E-state index in [2.05, 4.69) is 9.88 Å². The van der Waals surface area contributed by atoms with Gasteiger partial charge in [0.2, 0.25) is 0 Å². The third kappa shape index (κ3) is 1.78. The van der Waals surface area contributed by atoms with Crippen LogP contribution < -0.4 is 4.90 Å². The molecule has 1 aromatic heterocycles. The van der Waals surface area contributed by atoms with Crippen LogP contribution in [0.4, 0.5) is 10.1 Å². The van der Waals surface area contributed by atoms with Crippen LogP contribution in [0.2, 0.25) is 0 Å². The summed E-state index contributed by atoms with van der Waals surface area (Å²) >= 11 is 0. The van der Waals surface area contributed by atoms with Crippen LogP contribution in [0.5, 0.6) is 0 Å². The summed E-state index contributed by atoms with van der Waals surface area (Å²) in [5.41, 5.74) is 2.75. The number of aromatic nitrogens is 1. The molecule has 0 amide bonds. The molecular weight excluding hydrogens is 219 g/mol. The van der Waals surface area contributed by atoms with Gasteiger partial charge in [-0.2, -0.15) is 0 Å². The number of hydrogen-bond acceptors (Lipinski definition) is 2. The van der Waals surface area contributed by atoms with E-state index in [9.17, 15) is 4.39 Å². The lowest BCUT2D eigenvalue weighted by Crippen LogP contribution is -2.36. The first-order valence-corrected chi connectivity index (χ1v) is 5.86. The molecule has 1 aliphatic heterocycles. The molecule has 1 fully saturated rings. The van der Waals surface area contributed by atoms with Crippen LogP contribution in [0.3, 0.4) is 0 Å². The van der Waals surface area contributed by atoms with E-state index < -0.39 is 0 Å². The van der Waals surface area contributed by atoms with Crippen LogP contribution in [0, 0.1) is 12.7 Å². The highest BCUT2D eigenvalue weighted by atomic mass is 19.1. The molecule has 17 heavy (non-hydrogen) atoms. The molecular formula is C13H15FN2O. The summed E-state index contributed by atoms with van der Waals surface area (Å²) in [7, 11) is 0. The van der Waals surface area contributed by atoms with Crippen molar-refractivity contribution < 1.29 is 9.13 Å². The number of benzene rings is 1. The van der Waals surface area contributed by atoms with Gasteiger partial charge in [-0.15, -0.1) is 0 Å². The van der Waals surface area contributed by atoms with E-state index in [1.165, 1.54) is 6.07 Å². The Hall–Kier alpha value is -1.55. The second-order valence-electron chi connectivity index (χ2n) is 4.41. The number of H-pyrrole nitrogens is 1. The highest BCUT2D eigenvalue weighted by Gasteiger charge is 2.18. The molecule has 0 unspecified atom stereocenters. The zero-order chi connectivity index (χ0) is 11.8. The molecule has 1 saturated heterocycles. The number of nitrogens with zero attached hydrogens (tertiary/aromatic N) is 1. The van der Waals surface area contributed by atoms with Crippen LogP contribution in [-0.4, -0.2) is 31.3 Å². The van der Waals surface area contributed by atoms with Crippen LogP contribution >= 0.6 is 0 Å². The number of aryl methyl sites for hydroxylation is 1. The van der Waals surface area contributed by atoms with Crippen LogP contribution in [-0.2, 0) is 4.74 Å². The van der Waals surface area contributed by atoms with Gasteiger partial charge in [0.25, 0.3) is 0 Å². The summed E-state index contributed by atoms with van der Waals surface area (Å²) in [4.78, 5) is 5.30. The van der Waals surface area contributed by atoms with Gasteiger partial charge in [0.05, 0.1) is 18.9 Å². The number of ether oxygens (including phenoxy) is 1. The zero-order valence-electron chi connectivity index (χ0n) is 9.79. The Kier molecular flexibility index (Phi) is 2.52. The first-order chi connectivity index (χ1) is 8.25.